The molecule has 0 saturated carbocycles. The number of aromatic nitrogens is 3. The lowest BCUT2D eigenvalue weighted by molar-refractivity contribution is -0.137. The summed E-state index contributed by atoms with van der Waals surface area (Å²) in [6, 6.07) is 2.98. The topological polar surface area (TPSA) is 68.1 Å². The molecule has 0 spiro atoms. The normalized spacial score (nSPS) is 15.0. The number of hydrogen-bond donors (Lipinski definition) is 0. The Bertz CT molecular complexity index is 1240. The second-order valence-electron chi connectivity index (χ2n) is 6.86. The van der Waals surface area contributed by atoms with Gasteiger partial charge in [-0.15, -0.1) is 11.3 Å². The molecule has 0 fully saturated rings. The zero-order valence-electron chi connectivity index (χ0n) is 16.2. The number of nitrogens with zero attached hydrogens (tertiary/aromatic N) is 4. The summed E-state index contributed by atoms with van der Waals surface area (Å²) < 4.78 is 40.6. The fraction of sp³-hybridized carbons (Fsp3) is 0.300. The Morgan fingerprint density at radius 2 is 2.10 bits per heavy atom. The number of halogens is 3. The maximum atomic E-state index is 13.1. The summed E-state index contributed by atoms with van der Waals surface area (Å²) in [6.45, 7) is 4.21. The molecule has 4 rings (SSSR count). The number of fused-ring (bicyclic) bond motifs is 2. The molecule has 6 nitrogen and oxygen atoms in total. The van der Waals surface area contributed by atoms with Crippen LogP contribution in [0.5, 0.6) is 0 Å². The Hall–Kier alpha value is -3.01. The molecule has 0 saturated heterocycles. The second kappa shape index (κ2) is 7.35. The predicted octanol–water partition coefficient (Wildman–Crippen LogP) is 4.19. The fourth-order valence-electron chi connectivity index (χ4n) is 3.47. The van der Waals surface area contributed by atoms with Crippen molar-refractivity contribution < 1.29 is 18.0 Å². The van der Waals surface area contributed by atoms with Gasteiger partial charge < -0.3 is 0 Å². The van der Waals surface area contributed by atoms with Gasteiger partial charge in [-0.2, -0.15) is 13.2 Å². The number of allylic oxidation sites excluding steroid dienone is 1. The number of rotatable bonds is 3. The van der Waals surface area contributed by atoms with E-state index < -0.39 is 11.7 Å². The molecule has 0 radical (unpaired) electrons. The van der Waals surface area contributed by atoms with Crippen molar-refractivity contribution in [1.29, 1.82) is 0 Å². The van der Waals surface area contributed by atoms with Gasteiger partial charge in [0.1, 0.15) is 5.82 Å². The van der Waals surface area contributed by atoms with Gasteiger partial charge >= 0.3 is 6.18 Å². The third-order valence-corrected chi connectivity index (χ3v) is 5.82. The monoisotopic (exact) mass is 434 g/mol. The summed E-state index contributed by atoms with van der Waals surface area (Å²) in [4.78, 5) is 34.8. The lowest BCUT2D eigenvalue weighted by Crippen LogP contribution is -2.27. The molecule has 30 heavy (non-hydrogen) atoms. The summed E-state index contributed by atoms with van der Waals surface area (Å²) in [5.41, 5.74) is 0.135. The van der Waals surface area contributed by atoms with Crippen LogP contribution in [0, 0.1) is 0 Å². The summed E-state index contributed by atoms with van der Waals surface area (Å²) >= 11 is 1.32. The van der Waals surface area contributed by atoms with E-state index in [0.717, 1.165) is 12.1 Å². The molecule has 1 aliphatic heterocycles. The number of benzene rings is 1. The van der Waals surface area contributed by atoms with E-state index in [1.54, 1.807) is 16.4 Å². The minimum atomic E-state index is -4.51. The van der Waals surface area contributed by atoms with E-state index in [4.69, 9.17) is 0 Å². The number of carbonyl (C=O) groups excluding carboxylic acids is 1. The lowest BCUT2D eigenvalue weighted by Gasteiger charge is -2.14. The third-order valence-electron chi connectivity index (χ3n) is 4.93. The molecule has 3 aromatic rings. The van der Waals surface area contributed by atoms with Gasteiger partial charge in [-0.25, -0.2) is 9.97 Å². The van der Waals surface area contributed by atoms with Crippen molar-refractivity contribution in [3.05, 3.63) is 51.0 Å². The maximum Gasteiger partial charge on any atom is 0.416 e. The quantitative estimate of drug-likeness (QED) is 0.620. The van der Waals surface area contributed by atoms with Crippen LogP contribution in [0.4, 0.5) is 18.3 Å². The van der Waals surface area contributed by atoms with Gasteiger partial charge in [-0.1, -0.05) is 0 Å². The van der Waals surface area contributed by atoms with E-state index in [2.05, 4.69) is 9.97 Å². The Balaban J connectivity index is 1.77. The van der Waals surface area contributed by atoms with E-state index in [1.807, 2.05) is 6.92 Å². The van der Waals surface area contributed by atoms with Crippen LogP contribution in [-0.4, -0.2) is 27.0 Å². The highest BCUT2D eigenvalue weighted by atomic mass is 32.1. The van der Waals surface area contributed by atoms with Gasteiger partial charge in [0.15, 0.2) is 5.13 Å². The maximum absolute atomic E-state index is 13.1. The van der Waals surface area contributed by atoms with Gasteiger partial charge in [0, 0.05) is 25.4 Å². The van der Waals surface area contributed by atoms with Gasteiger partial charge in [0.2, 0.25) is 5.91 Å². The summed E-state index contributed by atoms with van der Waals surface area (Å²) in [5.74, 6) is 0.234. The highest BCUT2D eigenvalue weighted by Gasteiger charge is 2.31. The molecule has 0 N–H and O–H groups in total. The van der Waals surface area contributed by atoms with Crippen molar-refractivity contribution in [2.45, 2.75) is 33.0 Å². The lowest BCUT2D eigenvalue weighted by atomic mass is 10.1. The Labute approximate surface area is 173 Å². The predicted molar refractivity (Wildman–Crippen MR) is 109 cm³/mol. The Morgan fingerprint density at radius 3 is 2.77 bits per heavy atom. The third kappa shape index (κ3) is 3.51. The molecule has 0 atom stereocenters. The zero-order valence-corrected chi connectivity index (χ0v) is 17.0. The summed E-state index contributed by atoms with van der Waals surface area (Å²) in [5, 5.41) is 2.51. The van der Waals surface area contributed by atoms with Crippen LogP contribution in [0.25, 0.3) is 22.6 Å². The smallest absolute Gasteiger partial charge is 0.292 e. The average Bonchev–Trinajstić information content (AvgIpc) is 3.29. The molecule has 3 heterocycles. The van der Waals surface area contributed by atoms with Gasteiger partial charge in [0.25, 0.3) is 5.56 Å². The Morgan fingerprint density at radius 1 is 1.33 bits per heavy atom. The van der Waals surface area contributed by atoms with Crippen molar-refractivity contribution in [1.82, 2.24) is 14.5 Å². The number of amides is 1. The van der Waals surface area contributed by atoms with Gasteiger partial charge in [-0.05, 0) is 43.2 Å². The number of anilines is 1. The van der Waals surface area contributed by atoms with Crippen LogP contribution >= 0.6 is 11.3 Å². The van der Waals surface area contributed by atoms with Crippen LogP contribution in [0.2, 0.25) is 0 Å². The molecule has 156 valence electrons. The van der Waals surface area contributed by atoms with Crippen molar-refractivity contribution in [3.8, 4) is 0 Å². The zero-order chi connectivity index (χ0) is 21.6. The van der Waals surface area contributed by atoms with Crippen LogP contribution in [-0.2, 0) is 17.5 Å². The largest absolute Gasteiger partial charge is 0.416 e. The van der Waals surface area contributed by atoms with Gasteiger partial charge in [0.05, 0.1) is 22.2 Å². The molecule has 0 bridgehead atoms. The number of thiazole rings is 1. The molecule has 1 aromatic carbocycles. The Kier molecular flexibility index (Phi) is 4.97. The van der Waals surface area contributed by atoms with Crippen molar-refractivity contribution in [2.75, 3.05) is 11.4 Å². The molecule has 0 aliphatic carbocycles. The van der Waals surface area contributed by atoms with Crippen molar-refractivity contribution in [2.24, 2.45) is 0 Å². The van der Waals surface area contributed by atoms with Gasteiger partial charge in [-0.3, -0.25) is 19.1 Å². The van der Waals surface area contributed by atoms with Crippen LogP contribution < -0.4 is 10.5 Å². The summed E-state index contributed by atoms with van der Waals surface area (Å²) in [7, 11) is 0. The van der Waals surface area contributed by atoms with E-state index in [1.165, 1.54) is 28.9 Å². The fourth-order valence-corrected chi connectivity index (χ4v) is 4.36. The molecule has 1 aliphatic rings. The van der Waals surface area contributed by atoms with Crippen molar-refractivity contribution >= 4 is 44.9 Å². The van der Waals surface area contributed by atoms with Crippen LogP contribution in [0.3, 0.4) is 0 Å². The summed E-state index contributed by atoms with van der Waals surface area (Å²) in [6.07, 6.45) is -2.23. The number of hydrogen-bond acceptors (Lipinski definition) is 5. The first kappa shape index (κ1) is 20.3. The molecule has 10 heteroatoms. The molecular formula is C20H17F3N4O2S. The SMILES string of the molecule is CCN(C(C)=O)c1nc(/C=C2\CCn3c2nc2cc(C(F)(F)F)ccc2c3=O)cs1. The molecule has 1 amide bonds. The molecule has 0 unspecified atom stereocenters. The minimum Gasteiger partial charge on any atom is -0.292 e. The highest BCUT2D eigenvalue weighted by molar-refractivity contribution is 7.14. The van der Waals surface area contributed by atoms with E-state index in [0.29, 0.717) is 41.7 Å². The van der Waals surface area contributed by atoms with Crippen molar-refractivity contribution in [3.63, 3.8) is 0 Å². The standard InChI is InChI=1S/C20H17F3N4O2S/c1-3-26(11(2)28)19-24-14(10-30-19)8-12-6-7-27-17(12)25-16-9-13(20(21,22)23)4-5-15(16)18(27)29/h4-5,8-10H,3,6-7H2,1-2H3/b12-8+. The number of alkyl halides is 3. The highest BCUT2D eigenvalue weighted by Crippen LogP contribution is 2.32. The molecular weight excluding hydrogens is 417 g/mol. The minimum absolute atomic E-state index is 0.0154. The first-order valence-electron chi connectivity index (χ1n) is 9.25. The van der Waals surface area contributed by atoms with Crippen LogP contribution in [0.15, 0.2) is 28.4 Å². The molecule has 2 aromatic heterocycles. The van der Waals surface area contributed by atoms with E-state index >= 15 is 0 Å². The first-order valence-corrected chi connectivity index (χ1v) is 10.1. The average molecular weight is 434 g/mol. The van der Waals surface area contributed by atoms with Crippen LogP contribution in [0.1, 0.15) is 37.4 Å². The van der Waals surface area contributed by atoms with E-state index in [9.17, 15) is 22.8 Å². The number of carbonyl (C=O) groups is 1. The first-order chi connectivity index (χ1) is 14.2. The van der Waals surface area contributed by atoms with E-state index in [-0.39, 0.29) is 22.4 Å². The second-order valence-corrected chi connectivity index (χ2v) is 7.70.